The van der Waals surface area contributed by atoms with Crippen LogP contribution in [0.25, 0.3) is 0 Å². The monoisotopic (exact) mass is 650 g/mol. The van der Waals surface area contributed by atoms with Gasteiger partial charge < -0.3 is 43.6 Å². The lowest BCUT2D eigenvalue weighted by Gasteiger charge is -2.36. The van der Waals surface area contributed by atoms with E-state index < -0.39 is 80.3 Å². The van der Waals surface area contributed by atoms with Gasteiger partial charge in [-0.25, -0.2) is 17.7 Å². The average Bonchev–Trinajstić information content (AvgIpc) is 3.08. The summed E-state index contributed by atoms with van der Waals surface area (Å²) < 4.78 is 72.0. The number of H-pyrrole nitrogens is 1. The predicted molar refractivity (Wildman–Crippen MR) is 118 cm³/mol. The van der Waals surface area contributed by atoms with Crippen LogP contribution < -0.4 is 30.8 Å². The molecule has 24 heteroatoms. The van der Waals surface area contributed by atoms with Crippen molar-refractivity contribution in [3.63, 3.8) is 0 Å². The number of ether oxygens (including phenoxy) is 1. The van der Waals surface area contributed by atoms with Crippen LogP contribution in [0.2, 0.25) is 0 Å². The van der Waals surface area contributed by atoms with Crippen molar-refractivity contribution in [1.29, 1.82) is 0 Å². The molecule has 20 nitrogen and oxygen atoms in total. The van der Waals surface area contributed by atoms with E-state index in [1.807, 2.05) is 4.98 Å². The molecule has 0 spiro atoms. The van der Waals surface area contributed by atoms with Crippen molar-refractivity contribution in [3.05, 3.63) is 69.0 Å². The summed E-state index contributed by atoms with van der Waals surface area (Å²) in [5, 5.41) is 20.2. The van der Waals surface area contributed by atoms with E-state index in [4.69, 9.17) is 4.74 Å². The Bertz CT molecular complexity index is 1490. The number of nitrogens with zero attached hydrogens (tertiary/aromatic N) is 1. The minimum atomic E-state index is -6.46. The Kier molecular flexibility index (Phi) is 10.4. The van der Waals surface area contributed by atoms with Crippen molar-refractivity contribution < 1.29 is 74.8 Å². The molecule has 40 heavy (non-hydrogen) atoms. The zero-order valence-electron chi connectivity index (χ0n) is 19.4. The third-order valence-electron chi connectivity index (χ3n) is 4.69. The summed E-state index contributed by atoms with van der Waals surface area (Å²) in [7, 11) is -24.6. The maximum absolute atomic E-state index is 11.9. The molecule has 0 amide bonds. The van der Waals surface area contributed by atoms with Crippen molar-refractivity contribution >= 4 is 31.3 Å². The summed E-state index contributed by atoms with van der Waals surface area (Å²) in [6.07, 6.45) is -6.28. The first kappa shape index (κ1) is 32.8. The number of benzene rings is 1. The Morgan fingerprint density at radius 1 is 0.825 bits per heavy atom. The van der Waals surface area contributed by atoms with Crippen molar-refractivity contribution in [2.75, 3.05) is 6.61 Å². The van der Waals surface area contributed by atoms with Crippen LogP contribution in [0, 0.1) is 0 Å². The second-order valence-corrected chi connectivity index (χ2v) is 13.7. The van der Waals surface area contributed by atoms with E-state index in [1.165, 1.54) is 24.3 Å². The van der Waals surface area contributed by atoms with Gasteiger partial charge in [0.15, 0.2) is 6.23 Å². The Balaban J connectivity index is 1.57. The maximum atomic E-state index is 11.9. The lowest BCUT2D eigenvalue weighted by Crippen LogP contribution is -2.37. The van der Waals surface area contributed by atoms with Crippen LogP contribution in [-0.4, -0.2) is 44.7 Å². The number of phosphoric acid groups is 4. The lowest BCUT2D eigenvalue weighted by molar-refractivity contribution is -0.254. The molecule has 1 aliphatic heterocycles. The van der Waals surface area contributed by atoms with Gasteiger partial charge in [0.05, 0.1) is 13.2 Å². The quantitative estimate of drug-likeness (QED) is 0.186. The third kappa shape index (κ3) is 9.44. The second kappa shape index (κ2) is 12.7. The van der Waals surface area contributed by atoms with Crippen LogP contribution in [0.5, 0.6) is 0 Å². The van der Waals surface area contributed by atoms with Crippen LogP contribution in [0.4, 0.5) is 0 Å². The normalized spacial score (nSPS) is 27.2. The highest BCUT2D eigenvalue weighted by Gasteiger charge is 2.44. The number of hydrogen-bond acceptors (Lipinski definition) is 18. The summed E-state index contributed by atoms with van der Waals surface area (Å²) >= 11 is 0. The fraction of sp³-hybridized carbons (Fsp3) is 0.375. The molecule has 224 valence electrons. The standard InChI is InChI=1S/C16H22N2O18P4/c19-12-6-7-18(16(22)17-12)15-14(21)13(20)11(33-15)9-32-38(25,26)35-40(29,30)36-39(27,28)34-37(23,24)31-8-10-4-2-1-3-5-10/h1-7,11,13-15,20-21H,8-9H2,(H,23,24)(H,25,26)(H,27,28)(H,29,30)(H,17,19,22)/p-4/t11-,13?,14+,15-/m1/s1. The zero-order chi connectivity index (χ0) is 29.9. The summed E-state index contributed by atoms with van der Waals surface area (Å²) in [6, 6.07) is 8.26. The number of hydrogen-bond donors (Lipinski definition) is 3. The Morgan fingerprint density at radius 3 is 1.95 bits per heavy atom. The molecule has 0 aliphatic carbocycles. The van der Waals surface area contributed by atoms with Crippen LogP contribution in [0.1, 0.15) is 11.8 Å². The molecular formula is C16H18N2O18P4-4. The van der Waals surface area contributed by atoms with Crippen molar-refractivity contribution in [3.8, 4) is 0 Å². The molecule has 2 heterocycles. The molecule has 2 aromatic rings. The van der Waals surface area contributed by atoms with Crippen LogP contribution >= 0.6 is 31.3 Å². The van der Waals surface area contributed by atoms with Gasteiger partial charge in [-0.05, 0) is 5.56 Å². The molecule has 3 rings (SSSR count). The van der Waals surface area contributed by atoms with Gasteiger partial charge in [0.2, 0.25) is 0 Å². The number of aromatic amines is 1. The molecule has 0 radical (unpaired) electrons. The van der Waals surface area contributed by atoms with Crippen LogP contribution in [-0.2, 0) is 51.6 Å². The molecule has 1 aromatic carbocycles. The molecule has 5 unspecified atom stereocenters. The summed E-state index contributed by atoms with van der Waals surface area (Å²) in [5.74, 6) is 0. The third-order valence-corrected chi connectivity index (χ3v) is 10.4. The first-order valence-corrected chi connectivity index (χ1v) is 16.3. The Hall–Kier alpha value is -1.66. The van der Waals surface area contributed by atoms with E-state index in [0.29, 0.717) is 4.57 Å². The van der Waals surface area contributed by atoms with E-state index in [-0.39, 0.29) is 5.56 Å². The average molecular weight is 650 g/mol. The Labute approximate surface area is 222 Å². The van der Waals surface area contributed by atoms with Gasteiger partial charge in [-0.15, -0.1) is 0 Å². The first-order valence-electron chi connectivity index (χ1n) is 10.4. The zero-order valence-corrected chi connectivity index (χ0v) is 23.0. The Morgan fingerprint density at radius 2 is 1.38 bits per heavy atom. The molecule has 1 aromatic heterocycles. The van der Waals surface area contributed by atoms with Gasteiger partial charge >= 0.3 is 5.69 Å². The molecule has 1 fully saturated rings. The number of aliphatic hydroxyl groups excluding tert-OH is 2. The number of nitrogens with one attached hydrogen (secondary N) is 1. The summed E-state index contributed by atoms with van der Waals surface area (Å²) in [6.45, 7) is -1.96. The molecule has 0 bridgehead atoms. The summed E-state index contributed by atoms with van der Waals surface area (Å²) in [5.41, 5.74) is -1.61. The van der Waals surface area contributed by atoms with Crippen molar-refractivity contribution in [2.45, 2.75) is 31.1 Å². The SMILES string of the molecule is O=c1ccn([C@@H]2O[C@H](COP(=O)([O-])OP(=O)([O-])OP(=O)([O-])OP(=O)([O-])OCc3ccccc3)C(O)[C@@H]2O)c(=O)[nH]1. The number of aliphatic hydroxyl groups is 2. The van der Waals surface area contributed by atoms with Gasteiger partial charge in [-0.1, -0.05) is 30.3 Å². The van der Waals surface area contributed by atoms with Gasteiger partial charge in [0.1, 0.15) is 18.3 Å². The first-order chi connectivity index (χ1) is 18.4. The topological polar surface area (TPSA) is 311 Å². The minimum absolute atomic E-state index is 0.257. The smallest absolute Gasteiger partial charge is 0.330 e. The fourth-order valence-electron chi connectivity index (χ4n) is 3.06. The van der Waals surface area contributed by atoms with Crippen LogP contribution in [0.15, 0.2) is 52.2 Å². The highest BCUT2D eigenvalue weighted by molar-refractivity contribution is 7.68. The van der Waals surface area contributed by atoms with Gasteiger partial charge in [-0.2, -0.15) is 0 Å². The minimum Gasteiger partial charge on any atom is -0.756 e. The molecular weight excluding hydrogens is 632 g/mol. The largest absolute Gasteiger partial charge is 0.756 e. The second-order valence-electron chi connectivity index (χ2n) is 7.65. The number of phosphoric ester groups is 2. The van der Waals surface area contributed by atoms with E-state index in [0.717, 1.165) is 12.3 Å². The number of rotatable bonds is 13. The highest BCUT2D eigenvalue weighted by Crippen LogP contribution is 2.66. The van der Waals surface area contributed by atoms with E-state index in [1.54, 1.807) is 6.07 Å². The van der Waals surface area contributed by atoms with Crippen molar-refractivity contribution in [1.82, 2.24) is 9.55 Å². The van der Waals surface area contributed by atoms with Gasteiger partial charge in [0.25, 0.3) is 36.9 Å². The van der Waals surface area contributed by atoms with E-state index in [9.17, 15) is 57.6 Å². The molecule has 1 saturated heterocycles. The van der Waals surface area contributed by atoms with Gasteiger partial charge in [-0.3, -0.25) is 32.6 Å². The molecule has 0 saturated carbocycles. The number of aromatic nitrogens is 2. The van der Waals surface area contributed by atoms with Gasteiger partial charge in [0, 0.05) is 12.3 Å². The van der Waals surface area contributed by atoms with E-state index >= 15 is 0 Å². The lowest BCUT2D eigenvalue weighted by atomic mass is 10.1. The highest BCUT2D eigenvalue weighted by atomic mass is 31.3. The summed E-state index contributed by atoms with van der Waals surface area (Å²) in [4.78, 5) is 72.1. The fourth-order valence-corrected chi connectivity index (χ4v) is 7.79. The predicted octanol–water partition coefficient (Wildman–Crippen LogP) is -2.69. The molecule has 3 N–H and O–H groups in total. The molecule has 8 atom stereocenters. The van der Waals surface area contributed by atoms with E-state index in [2.05, 4.69) is 22.0 Å². The molecule has 1 aliphatic rings. The van der Waals surface area contributed by atoms with Crippen LogP contribution in [0.3, 0.4) is 0 Å². The maximum Gasteiger partial charge on any atom is 0.330 e. The van der Waals surface area contributed by atoms with Crippen molar-refractivity contribution in [2.24, 2.45) is 0 Å².